The van der Waals surface area contributed by atoms with E-state index in [9.17, 15) is 18.0 Å². The van der Waals surface area contributed by atoms with Gasteiger partial charge in [0, 0.05) is 0 Å². The molecule has 0 fully saturated rings. The zero-order valence-electron chi connectivity index (χ0n) is 11.6. The lowest BCUT2D eigenvalue weighted by atomic mass is 10.1. The molecule has 0 aliphatic heterocycles. The van der Waals surface area contributed by atoms with Crippen LogP contribution in [0.25, 0.3) is 0 Å². The number of hydrogen-bond donors (Lipinski definition) is 2. The molecule has 126 valence electrons. The molecule has 0 saturated heterocycles. The average molecular weight is 343 g/mol. The van der Waals surface area contributed by atoms with Gasteiger partial charge in [0.15, 0.2) is 0 Å². The molecule has 1 unspecified atom stereocenters. The number of alkyl halides is 3. The molecule has 0 heterocycles. The van der Waals surface area contributed by atoms with Crippen LogP contribution in [0.5, 0.6) is 0 Å². The summed E-state index contributed by atoms with van der Waals surface area (Å²) in [4.78, 5) is 11.2. The molecule has 0 aliphatic carbocycles. The monoisotopic (exact) mass is 343 g/mol. The van der Waals surface area contributed by atoms with E-state index < -0.39 is 21.7 Å². The first kappa shape index (κ1) is 20.3. The van der Waals surface area contributed by atoms with Crippen molar-refractivity contribution >= 4 is 16.1 Å². The van der Waals surface area contributed by atoms with Crippen molar-refractivity contribution in [2.45, 2.75) is 24.9 Å². The fourth-order valence-corrected chi connectivity index (χ4v) is 1.20. The molecule has 1 atom stereocenters. The van der Waals surface area contributed by atoms with Crippen molar-refractivity contribution in [1.29, 1.82) is 0 Å². The Labute approximate surface area is 125 Å². The fraction of sp³-hybridized carbons (Fsp3) is 0.417. The molecule has 22 heavy (non-hydrogen) atoms. The average Bonchev–Trinajstić information content (AvgIpc) is 2.38. The summed E-state index contributed by atoms with van der Waals surface area (Å²) in [5, 5.41) is 0. The standard InChI is InChI=1S/C11H15NO2.CHF3O3S/c1-2-14-11(13)10(12)8-9-6-4-3-5-7-9;2-1(3,4)8(5,6)7/h3-7,10H,2,8,12H2,1H3;(H,5,6,7). The van der Waals surface area contributed by atoms with E-state index in [1.54, 1.807) is 6.92 Å². The predicted molar refractivity (Wildman–Crippen MR) is 72.4 cm³/mol. The topological polar surface area (TPSA) is 107 Å². The van der Waals surface area contributed by atoms with E-state index >= 15 is 0 Å². The Morgan fingerprint density at radius 3 is 2.14 bits per heavy atom. The lowest BCUT2D eigenvalue weighted by Crippen LogP contribution is -2.34. The highest BCUT2D eigenvalue weighted by Crippen LogP contribution is 2.20. The van der Waals surface area contributed by atoms with Crippen LogP contribution in [0.15, 0.2) is 30.3 Å². The first-order valence-electron chi connectivity index (χ1n) is 5.99. The first-order chi connectivity index (χ1) is 9.99. The third-order valence-electron chi connectivity index (χ3n) is 2.18. The van der Waals surface area contributed by atoms with E-state index in [4.69, 9.17) is 23.4 Å². The molecular weight excluding hydrogens is 327 g/mol. The first-order valence-corrected chi connectivity index (χ1v) is 7.43. The molecule has 1 rings (SSSR count). The summed E-state index contributed by atoms with van der Waals surface area (Å²) in [5.41, 5.74) is 1.18. The molecule has 0 radical (unpaired) electrons. The fourth-order valence-electron chi connectivity index (χ4n) is 1.20. The molecule has 10 heteroatoms. The highest BCUT2D eigenvalue weighted by Gasteiger charge is 2.44. The largest absolute Gasteiger partial charge is 0.522 e. The molecule has 1 aromatic carbocycles. The molecule has 0 bridgehead atoms. The maximum absolute atomic E-state index is 11.2. The third-order valence-corrected chi connectivity index (χ3v) is 2.77. The number of benzene rings is 1. The Morgan fingerprint density at radius 2 is 1.77 bits per heavy atom. The van der Waals surface area contributed by atoms with E-state index in [0.717, 1.165) is 5.56 Å². The number of hydrogen-bond acceptors (Lipinski definition) is 5. The van der Waals surface area contributed by atoms with Gasteiger partial charge >= 0.3 is 21.6 Å². The van der Waals surface area contributed by atoms with Crippen LogP contribution < -0.4 is 5.73 Å². The second-order valence-electron chi connectivity index (χ2n) is 3.97. The molecule has 0 spiro atoms. The van der Waals surface area contributed by atoms with E-state index in [2.05, 4.69) is 0 Å². The van der Waals surface area contributed by atoms with E-state index in [0.29, 0.717) is 13.0 Å². The maximum atomic E-state index is 11.2. The maximum Gasteiger partial charge on any atom is 0.522 e. The van der Waals surface area contributed by atoms with Crippen molar-refractivity contribution in [2.24, 2.45) is 5.73 Å². The van der Waals surface area contributed by atoms with Gasteiger partial charge in [0.25, 0.3) is 0 Å². The highest BCUT2D eigenvalue weighted by atomic mass is 32.2. The molecule has 3 N–H and O–H groups in total. The number of rotatable bonds is 4. The van der Waals surface area contributed by atoms with Crippen molar-refractivity contribution in [1.82, 2.24) is 0 Å². The van der Waals surface area contributed by atoms with Crippen molar-refractivity contribution in [2.75, 3.05) is 6.61 Å². The van der Waals surface area contributed by atoms with Gasteiger partial charge in [-0.2, -0.15) is 21.6 Å². The number of carbonyl (C=O) groups is 1. The summed E-state index contributed by atoms with van der Waals surface area (Å²) in [5.74, 6) is -0.337. The minimum atomic E-state index is -5.84. The van der Waals surface area contributed by atoms with Crippen LogP contribution in [-0.4, -0.2) is 37.1 Å². The Kier molecular flexibility index (Phi) is 8.06. The lowest BCUT2D eigenvalue weighted by molar-refractivity contribution is -0.144. The summed E-state index contributed by atoms with van der Waals surface area (Å²) in [6.45, 7) is 2.15. The Bertz CT molecular complexity index is 560. The molecule has 0 aromatic heterocycles. The van der Waals surface area contributed by atoms with Crippen LogP contribution in [0, 0.1) is 0 Å². The van der Waals surface area contributed by atoms with Gasteiger partial charge in [-0.1, -0.05) is 30.3 Å². The number of ether oxygens (including phenoxy) is 1. The van der Waals surface area contributed by atoms with E-state index in [1.807, 2.05) is 30.3 Å². The zero-order valence-corrected chi connectivity index (χ0v) is 12.4. The number of esters is 1. The van der Waals surface area contributed by atoms with Crippen molar-refractivity contribution in [3.63, 3.8) is 0 Å². The van der Waals surface area contributed by atoms with Crippen LogP contribution >= 0.6 is 0 Å². The van der Waals surface area contributed by atoms with Crippen LogP contribution in [0.1, 0.15) is 12.5 Å². The van der Waals surface area contributed by atoms with Gasteiger partial charge in [-0.25, -0.2) is 0 Å². The van der Waals surface area contributed by atoms with Crippen LogP contribution in [0.4, 0.5) is 13.2 Å². The van der Waals surface area contributed by atoms with Crippen LogP contribution in [0.2, 0.25) is 0 Å². The minimum absolute atomic E-state index is 0.337. The zero-order chi connectivity index (χ0) is 17.4. The Morgan fingerprint density at radius 1 is 1.32 bits per heavy atom. The van der Waals surface area contributed by atoms with Crippen LogP contribution in [-0.2, 0) is 26.1 Å². The van der Waals surface area contributed by atoms with Gasteiger partial charge in [-0.05, 0) is 18.9 Å². The second-order valence-corrected chi connectivity index (χ2v) is 5.38. The summed E-state index contributed by atoms with van der Waals surface area (Å²) >= 11 is 0. The summed E-state index contributed by atoms with van der Waals surface area (Å²) in [7, 11) is -5.84. The van der Waals surface area contributed by atoms with Crippen molar-refractivity contribution < 1.29 is 35.7 Å². The molecular formula is C12H16F3NO5S. The minimum Gasteiger partial charge on any atom is -0.465 e. The smallest absolute Gasteiger partial charge is 0.465 e. The van der Waals surface area contributed by atoms with Gasteiger partial charge in [0.2, 0.25) is 0 Å². The Hall–Kier alpha value is -1.65. The van der Waals surface area contributed by atoms with Gasteiger partial charge in [-0.3, -0.25) is 9.35 Å². The predicted octanol–water partition coefficient (Wildman–Crippen LogP) is 1.51. The normalized spacial score (nSPS) is 12.8. The summed E-state index contributed by atoms with van der Waals surface area (Å²) in [6, 6.07) is 9.11. The molecule has 6 nitrogen and oxygen atoms in total. The van der Waals surface area contributed by atoms with E-state index in [-0.39, 0.29) is 5.97 Å². The summed E-state index contributed by atoms with van der Waals surface area (Å²) in [6.07, 6.45) is 0.527. The molecule has 0 amide bonds. The number of halogens is 3. The second kappa shape index (κ2) is 8.71. The number of carbonyl (C=O) groups excluding carboxylic acids is 1. The number of nitrogens with two attached hydrogens (primary N) is 1. The quantitative estimate of drug-likeness (QED) is 0.488. The van der Waals surface area contributed by atoms with Gasteiger partial charge in [0.05, 0.1) is 6.61 Å². The van der Waals surface area contributed by atoms with Crippen LogP contribution in [0.3, 0.4) is 0 Å². The molecule has 0 aliphatic rings. The highest BCUT2D eigenvalue weighted by molar-refractivity contribution is 7.86. The van der Waals surface area contributed by atoms with Gasteiger partial charge < -0.3 is 10.5 Å². The van der Waals surface area contributed by atoms with Gasteiger partial charge in [-0.15, -0.1) is 0 Å². The SMILES string of the molecule is CCOC(=O)C(N)Cc1ccccc1.O=S(=O)(O)C(F)(F)F. The lowest BCUT2D eigenvalue weighted by Gasteiger charge is -2.09. The summed E-state index contributed by atoms with van der Waals surface area (Å²) < 4.78 is 62.4. The molecule has 1 aromatic rings. The van der Waals surface area contributed by atoms with Crippen molar-refractivity contribution in [3.8, 4) is 0 Å². The van der Waals surface area contributed by atoms with Gasteiger partial charge in [0.1, 0.15) is 6.04 Å². The van der Waals surface area contributed by atoms with E-state index in [1.165, 1.54) is 0 Å². The van der Waals surface area contributed by atoms with Crippen molar-refractivity contribution in [3.05, 3.63) is 35.9 Å². The molecule has 0 saturated carbocycles. The Balaban J connectivity index is 0.000000472. The third kappa shape index (κ3) is 7.96.